The van der Waals surface area contributed by atoms with E-state index in [1.807, 2.05) is 6.07 Å². The van der Waals surface area contributed by atoms with Gasteiger partial charge < -0.3 is 4.57 Å². The van der Waals surface area contributed by atoms with Gasteiger partial charge in [-0.25, -0.2) is 0 Å². The summed E-state index contributed by atoms with van der Waals surface area (Å²) in [4.78, 5) is 12.6. The third-order valence-electron chi connectivity index (χ3n) is 5.01. The number of carbonyl (C=O) groups is 1. The topological polar surface area (TPSA) is 22.0 Å². The molecule has 0 aliphatic rings. The number of aromatic nitrogens is 1. The second kappa shape index (κ2) is 7.69. The van der Waals surface area contributed by atoms with Crippen LogP contribution in [-0.4, -0.2) is 10.4 Å². The molecular weight excluding hydrogens is 306 g/mol. The van der Waals surface area contributed by atoms with Gasteiger partial charge in [0.15, 0.2) is 5.78 Å². The molecule has 0 bridgehead atoms. The highest BCUT2D eigenvalue weighted by molar-refractivity contribution is 6.02. The average Bonchev–Trinajstić information content (AvgIpc) is 2.95. The molecule has 2 nitrogen and oxygen atoms in total. The summed E-state index contributed by atoms with van der Waals surface area (Å²) in [5, 5.41) is 1.23. The molecule has 0 saturated carbocycles. The maximum atomic E-state index is 12.6. The Morgan fingerprint density at radius 3 is 2.40 bits per heavy atom. The summed E-state index contributed by atoms with van der Waals surface area (Å²) in [7, 11) is 0. The van der Waals surface area contributed by atoms with Crippen LogP contribution in [0.5, 0.6) is 0 Å². The number of nitrogens with zero attached hydrogens (tertiary/aromatic N) is 1. The van der Waals surface area contributed by atoms with Crippen molar-refractivity contribution in [2.45, 2.75) is 52.5 Å². The summed E-state index contributed by atoms with van der Waals surface area (Å²) in [6.07, 6.45) is 3.50. The Labute approximate surface area is 150 Å². The molecular formula is C23H27NO. The second-order valence-corrected chi connectivity index (χ2v) is 6.95. The molecule has 0 saturated heterocycles. The molecule has 0 amide bonds. The minimum Gasteiger partial charge on any atom is -0.333 e. The fourth-order valence-corrected chi connectivity index (χ4v) is 3.79. The fourth-order valence-electron chi connectivity index (χ4n) is 3.79. The van der Waals surface area contributed by atoms with Crippen LogP contribution in [0.15, 0.2) is 54.6 Å². The van der Waals surface area contributed by atoms with Crippen molar-refractivity contribution in [3.8, 4) is 0 Å². The van der Waals surface area contributed by atoms with Gasteiger partial charge in [-0.1, -0.05) is 75.2 Å². The van der Waals surface area contributed by atoms with E-state index in [9.17, 15) is 4.79 Å². The number of benzene rings is 2. The molecule has 25 heavy (non-hydrogen) atoms. The number of hydrogen-bond acceptors (Lipinski definition) is 1. The smallest absolute Gasteiger partial charge is 0.176 e. The number of rotatable bonds is 7. The van der Waals surface area contributed by atoms with Gasteiger partial charge in [-0.05, 0) is 29.5 Å². The number of para-hydroxylation sites is 1. The molecule has 3 aromatic rings. The Morgan fingerprint density at radius 1 is 1.04 bits per heavy atom. The van der Waals surface area contributed by atoms with Crippen molar-refractivity contribution >= 4 is 16.7 Å². The predicted molar refractivity (Wildman–Crippen MR) is 105 cm³/mol. The lowest BCUT2D eigenvalue weighted by atomic mass is 9.92. The molecule has 0 N–H and O–H groups in total. The second-order valence-electron chi connectivity index (χ2n) is 6.95. The molecule has 1 heterocycles. The Hall–Kier alpha value is -2.35. The fraction of sp³-hybridized carbons (Fsp3) is 0.348. The number of unbranched alkanes of at least 4 members (excludes halogenated alkanes) is 1. The van der Waals surface area contributed by atoms with Crippen molar-refractivity contribution in [3.05, 3.63) is 71.4 Å². The van der Waals surface area contributed by atoms with Crippen LogP contribution in [-0.2, 0) is 6.54 Å². The minimum absolute atomic E-state index is 0.158. The van der Waals surface area contributed by atoms with Crippen LogP contribution < -0.4 is 0 Å². The number of hydrogen-bond donors (Lipinski definition) is 0. The monoisotopic (exact) mass is 333 g/mol. The zero-order chi connectivity index (χ0) is 17.8. The van der Waals surface area contributed by atoms with Gasteiger partial charge in [-0.3, -0.25) is 4.79 Å². The quantitative estimate of drug-likeness (QED) is 0.473. The zero-order valence-corrected chi connectivity index (χ0v) is 15.5. The van der Waals surface area contributed by atoms with Gasteiger partial charge >= 0.3 is 0 Å². The first kappa shape index (κ1) is 17.5. The van der Waals surface area contributed by atoms with Crippen LogP contribution in [0.3, 0.4) is 0 Å². The molecule has 1 atom stereocenters. The minimum atomic E-state index is 0.158. The maximum absolute atomic E-state index is 12.6. The number of Topliss-reactive ketones (excluding diaryl/α,β-unsaturated/α-hetero) is 1. The summed E-state index contributed by atoms with van der Waals surface area (Å²) >= 11 is 0. The highest BCUT2D eigenvalue weighted by Gasteiger charge is 2.23. The van der Waals surface area contributed by atoms with Crippen molar-refractivity contribution < 1.29 is 4.79 Å². The molecule has 3 rings (SSSR count). The van der Waals surface area contributed by atoms with Gasteiger partial charge in [-0.15, -0.1) is 0 Å². The van der Waals surface area contributed by atoms with Crippen LogP contribution in [0.4, 0.5) is 0 Å². The van der Waals surface area contributed by atoms with Crippen LogP contribution in [0.1, 0.15) is 67.6 Å². The van der Waals surface area contributed by atoms with E-state index in [0.29, 0.717) is 5.92 Å². The Bertz CT molecular complexity index is 860. The first-order chi connectivity index (χ1) is 12.1. The van der Waals surface area contributed by atoms with Gasteiger partial charge in [0, 0.05) is 24.4 Å². The van der Waals surface area contributed by atoms with Crippen LogP contribution in [0.2, 0.25) is 0 Å². The lowest BCUT2D eigenvalue weighted by molar-refractivity contribution is 0.100. The van der Waals surface area contributed by atoms with Gasteiger partial charge in [0.1, 0.15) is 0 Å². The first-order valence-corrected chi connectivity index (χ1v) is 9.29. The third-order valence-corrected chi connectivity index (χ3v) is 5.01. The van der Waals surface area contributed by atoms with Gasteiger partial charge in [0.05, 0.1) is 5.69 Å². The van der Waals surface area contributed by atoms with Crippen molar-refractivity contribution in [1.82, 2.24) is 4.57 Å². The van der Waals surface area contributed by atoms with E-state index in [-0.39, 0.29) is 5.78 Å². The standard InChI is InChI=1S/C23H27NO/c1-4-5-11-17(2)22-20-14-9-10-15-21(20)24(23(22)18(3)25)16-19-12-7-6-8-13-19/h6-10,12-15,17H,4-5,11,16H2,1-3H3/t17-/m0/s1. The summed E-state index contributed by atoms with van der Waals surface area (Å²) in [5.41, 5.74) is 4.49. The molecule has 2 aromatic carbocycles. The summed E-state index contributed by atoms with van der Waals surface area (Å²) in [6, 6.07) is 18.8. The SMILES string of the molecule is CCCC[C@H](C)c1c(C(C)=O)n(Cc2ccccc2)c2ccccc12. The van der Waals surface area contributed by atoms with Gasteiger partial charge in [0.25, 0.3) is 0 Å². The van der Waals surface area contributed by atoms with E-state index in [2.05, 4.69) is 66.9 Å². The lowest BCUT2D eigenvalue weighted by Crippen LogP contribution is -2.11. The third kappa shape index (κ3) is 3.53. The molecule has 0 fully saturated rings. The molecule has 130 valence electrons. The van der Waals surface area contributed by atoms with Crippen molar-refractivity contribution in [1.29, 1.82) is 0 Å². The van der Waals surface area contributed by atoms with Gasteiger partial charge in [-0.2, -0.15) is 0 Å². The van der Waals surface area contributed by atoms with E-state index in [1.165, 1.54) is 29.4 Å². The number of ketones is 1. The predicted octanol–water partition coefficient (Wildman–Crippen LogP) is 6.19. The molecule has 0 spiro atoms. The average molecular weight is 333 g/mol. The highest BCUT2D eigenvalue weighted by atomic mass is 16.1. The number of fused-ring (bicyclic) bond motifs is 1. The van der Waals surface area contributed by atoms with Crippen LogP contribution in [0, 0.1) is 0 Å². The normalized spacial score (nSPS) is 12.4. The van der Waals surface area contributed by atoms with E-state index in [1.54, 1.807) is 6.92 Å². The van der Waals surface area contributed by atoms with Gasteiger partial charge in [0.2, 0.25) is 0 Å². The van der Waals surface area contributed by atoms with E-state index in [0.717, 1.165) is 24.2 Å². The Morgan fingerprint density at radius 2 is 1.72 bits per heavy atom. The molecule has 0 unspecified atom stereocenters. The molecule has 0 aliphatic carbocycles. The van der Waals surface area contributed by atoms with Crippen molar-refractivity contribution in [2.75, 3.05) is 0 Å². The van der Waals surface area contributed by atoms with Crippen molar-refractivity contribution in [2.24, 2.45) is 0 Å². The van der Waals surface area contributed by atoms with Crippen LogP contribution >= 0.6 is 0 Å². The summed E-state index contributed by atoms with van der Waals surface area (Å²) in [5.74, 6) is 0.547. The van der Waals surface area contributed by atoms with E-state index >= 15 is 0 Å². The summed E-state index contributed by atoms with van der Waals surface area (Å²) < 4.78 is 2.21. The van der Waals surface area contributed by atoms with E-state index < -0.39 is 0 Å². The molecule has 0 aliphatic heterocycles. The summed E-state index contributed by atoms with van der Waals surface area (Å²) in [6.45, 7) is 6.91. The highest BCUT2D eigenvalue weighted by Crippen LogP contribution is 2.35. The Kier molecular flexibility index (Phi) is 5.37. The van der Waals surface area contributed by atoms with Crippen LogP contribution in [0.25, 0.3) is 10.9 Å². The maximum Gasteiger partial charge on any atom is 0.176 e. The van der Waals surface area contributed by atoms with Crippen molar-refractivity contribution in [3.63, 3.8) is 0 Å². The van der Waals surface area contributed by atoms with E-state index in [4.69, 9.17) is 0 Å². The zero-order valence-electron chi connectivity index (χ0n) is 15.5. The number of carbonyl (C=O) groups excluding carboxylic acids is 1. The lowest BCUT2D eigenvalue weighted by Gasteiger charge is -2.14. The largest absolute Gasteiger partial charge is 0.333 e. The first-order valence-electron chi connectivity index (χ1n) is 9.29. The molecule has 2 heteroatoms. The molecule has 0 radical (unpaired) electrons. The Balaban J connectivity index is 2.18. The molecule has 1 aromatic heterocycles.